The van der Waals surface area contributed by atoms with Gasteiger partial charge in [-0.2, -0.15) is 0 Å². The fourth-order valence-electron chi connectivity index (χ4n) is 3.27. The van der Waals surface area contributed by atoms with Crippen LogP contribution < -0.4 is 15.9 Å². The Balaban J connectivity index is 1.90. The van der Waals surface area contributed by atoms with Crippen LogP contribution >= 0.6 is 0 Å². The summed E-state index contributed by atoms with van der Waals surface area (Å²) in [7, 11) is 3.08. The lowest BCUT2D eigenvalue weighted by molar-refractivity contribution is 0.103. The van der Waals surface area contributed by atoms with Gasteiger partial charge in [0.1, 0.15) is 17.1 Å². The number of nitrogens with one attached hydrogen (secondary N) is 1. The van der Waals surface area contributed by atoms with Crippen molar-refractivity contribution in [2.75, 3.05) is 7.11 Å². The fourth-order valence-corrected chi connectivity index (χ4v) is 3.27. The molecule has 0 radical (unpaired) electrons. The first-order valence-electron chi connectivity index (χ1n) is 8.87. The molecule has 0 aliphatic carbocycles. The van der Waals surface area contributed by atoms with Gasteiger partial charge in [-0.25, -0.2) is 4.98 Å². The minimum atomic E-state index is -0.457. The average molecular weight is 390 g/mol. The number of hydrogen-bond acceptors (Lipinski definition) is 5. The van der Waals surface area contributed by atoms with Gasteiger partial charge in [0, 0.05) is 24.9 Å². The van der Waals surface area contributed by atoms with Gasteiger partial charge < -0.3 is 9.84 Å². The number of aromatic nitrogens is 4. The Bertz CT molecular complexity index is 1380. The van der Waals surface area contributed by atoms with Crippen LogP contribution in [0.1, 0.15) is 21.7 Å². The number of methoxy groups -OCH3 is 1. The zero-order chi connectivity index (χ0) is 20.7. The van der Waals surface area contributed by atoms with E-state index in [1.54, 1.807) is 50.4 Å². The van der Waals surface area contributed by atoms with Gasteiger partial charge in [-0.3, -0.25) is 23.6 Å². The first-order chi connectivity index (χ1) is 13.9. The van der Waals surface area contributed by atoms with E-state index in [1.165, 1.54) is 28.6 Å². The van der Waals surface area contributed by atoms with E-state index in [9.17, 15) is 14.4 Å². The number of fused-ring (bicyclic) bond motifs is 1. The topological polar surface area (TPSA) is 99.0 Å². The van der Waals surface area contributed by atoms with Crippen LogP contribution in [0.2, 0.25) is 0 Å². The third-order valence-corrected chi connectivity index (χ3v) is 4.79. The van der Waals surface area contributed by atoms with Crippen molar-refractivity contribution in [3.63, 3.8) is 0 Å². The molecule has 0 amide bonds. The molecule has 0 aliphatic rings. The summed E-state index contributed by atoms with van der Waals surface area (Å²) in [4.78, 5) is 42.6. The van der Waals surface area contributed by atoms with Crippen molar-refractivity contribution >= 4 is 16.7 Å². The van der Waals surface area contributed by atoms with Crippen LogP contribution in [0.25, 0.3) is 16.6 Å². The number of benzene rings is 2. The zero-order valence-electron chi connectivity index (χ0n) is 16.1. The van der Waals surface area contributed by atoms with E-state index >= 15 is 0 Å². The molecule has 0 fully saturated rings. The molecule has 0 saturated carbocycles. The van der Waals surface area contributed by atoms with E-state index in [1.807, 2.05) is 0 Å². The Labute approximate surface area is 165 Å². The summed E-state index contributed by atoms with van der Waals surface area (Å²) < 4.78 is 7.93. The molecular formula is C21H18N4O4. The molecule has 0 saturated heterocycles. The molecule has 8 nitrogen and oxygen atoms in total. The van der Waals surface area contributed by atoms with Crippen LogP contribution in [-0.2, 0) is 7.05 Å². The first kappa shape index (κ1) is 18.4. The van der Waals surface area contributed by atoms with E-state index in [-0.39, 0.29) is 22.1 Å². The highest BCUT2D eigenvalue weighted by atomic mass is 16.5. The Morgan fingerprint density at radius 2 is 1.90 bits per heavy atom. The lowest BCUT2D eigenvalue weighted by Crippen LogP contribution is -2.23. The summed E-state index contributed by atoms with van der Waals surface area (Å²) in [5, 5.41) is 2.97. The maximum absolute atomic E-state index is 13.2. The molecule has 0 aliphatic heterocycles. The quantitative estimate of drug-likeness (QED) is 0.537. The Hall–Kier alpha value is -3.94. The second kappa shape index (κ2) is 6.90. The highest BCUT2D eigenvalue weighted by molar-refractivity contribution is 6.10. The Kier molecular flexibility index (Phi) is 4.38. The van der Waals surface area contributed by atoms with E-state index in [2.05, 4.69) is 10.1 Å². The molecule has 146 valence electrons. The van der Waals surface area contributed by atoms with Crippen molar-refractivity contribution in [1.82, 2.24) is 19.3 Å². The zero-order valence-corrected chi connectivity index (χ0v) is 16.1. The van der Waals surface area contributed by atoms with Gasteiger partial charge in [0.05, 0.1) is 23.7 Å². The molecule has 2 heterocycles. The van der Waals surface area contributed by atoms with Crippen LogP contribution in [0.4, 0.5) is 0 Å². The molecule has 4 aromatic rings. The molecule has 2 aromatic heterocycles. The average Bonchev–Trinajstić information content (AvgIpc) is 3.06. The van der Waals surface area contributed by atoms with Crippen LogP contribution in [0.15, 0.2) is 58.3 Å². The predicted octanol–water partition coefficient (Wildman–Crippen LogP) is 1.96. The van der Waals surface area contributed by atoms with Gasteiger partial charge in [0.2, 0.25) is 0 Å². The number of carbonyl (C=O) groups is 1. The van der Waals surface area contributed by atoms with Gasteiger partial charge in [0.25, 0.3) is 11.1 Å². The minimum absolute atomic E-state index is 0.0139. The Morgan fingerprint density at radius 1 is 1.10 bits per heavy atom. The van der Waals surface area contributed by atoms with Gasteiger partial charge >= 0.3 is 0 Å². The molecule has 0 spiro atoms. The highest BCUT2D eigenvalue weighted by Gasteiger charge is 2.18. The summed E-state index contributed by atoms with van der Waals surface area (Å²) in [6.07, 6.45) is 1.36. The van der Waals surface area contributed by atoms with Crippen molar-refractivity contribution in [3.05, 3.63) is 86.3 Å². The lowest BCUT2D eigenvalue weighted by Gasteiger charge is -2.12. The maximum Gasteiger partial charge on any atom is 0.277 e. The van der Waals surface area contributed by atoms with E-state index in [4.69, 9.17) is 4.74 Å². The van der Waals surface area contributed by atoms with E-state index in [0.717, 1.165) is 0 Å². The van der Waals surface area contributed by atoms with Crippen molar-refractivity contribution < 1.29 is 9.53 Å². The predicted molar refractivity (Wildman–Crippen MR) is 108 cm³/mol. The highest BCUT2D eigenvalue weighted by Crippen LogP contribution is 2.19. The molecule has 8 heteroatoms. The summed E-state index contributed by atoms with van der Waals surface area (Å²) in [5.41, 5.74) is 0.611. The van der Waals surface area contributed by atoms with Gasteiger partial charge in [-0.15, -0.1) is 0 Å². The minimum Gasteiger partial charge on any atom is -0.497 e. The van der Waals surface area contributed by atoms with E-state index in [0.29, 0.717) is 22.8 Å². The molecule has 0 unspecified atom stereocenters. The molecule has 4 rings (SSSR count). The number of nitrogens with zero attached hydrogens (tertiary/aromatic N) is 3. The number of H-pyrrole nitrogens is 1. The van der Waals surface area contributed by atoms with Crippen LogP contribution in [0.5, 0.6) is 5.75 Å². The number of rotatable bonds is 4. The molecular weight excluding hydrogens is 372 g/mol. The number of aromatic amines is 1. The third kappa shape index (κ3) is 3.04. The largest absolute Gasteiger partial charge is 0.497 e. The Morgan fingerprint density at radius 3 is 2.59 bits per heavy atom. The number of hydrogen-bond donors (Lipinski definition) is 1. The third-order valence-electron chi connectivity index (χ3n) is 4.79. The monoisotopic (exact) mass is 390 g/mol. The van der Waals surface area contributed by atoms with Gasteiger partial charge in [0.15, 0.2) is 5.78 Å². The summed E-state index contributed by atoms with van der Waals surface area (Å²) in [5.74, 6) is 0.664. The summed E-state index contributed by atoms with van der Waals surface area (Å²) >= 11 is 0. The van der Waals surface area contributed by atoms with Crippen molar-refractivity contribution in [3.8, 4) is 11.4 Å². The van der Waals surface area contributed by atoms with Crippen LogP contribution in [0.3, 0.4) is 0 Å². The van der Waals surface area contributed by atoms with Crippen molar-refractivity contribution in [2.24, 2.45) is 7.05 Å². The van der Waals surface area contributed by atoms with Crippen LogP contribution in [0, 0.1) is 6.92 Å². The number of carbonyl (C=O) groups excluding carboxylic acids is 1. The second-order valence-corrected chi connectivity index (χ2v) is 6.61. The first-order valence-corrected chi connectivity index (χ1v) is 8.87. The molecule has 29 heavy (non-hydrogen) atoms. The van der Waals surface area contributed by atoms with Crippen molar-refractivity contribution in [1.29, 1.82) is 0 Å². The smallest absolute Gasteiger partial charge is 0.277 e. The van der Waals surface area contributed by atoms with Gasteiger partial charge in [-0.05, 0) is 37.3 Å². The normalized spacial score (nSPS) is 11.0. The molecule has 0 bridgehead atoms. The van der Waals surface area contributed by atoms with Crippen LogP contribution in [-0.4, -0.2) is 32.2 Å². The SMILES string of the molecule is COc1cccc(-n2c(C)nc3ccc(C(=O)c4c[nH]n(C)c4=O)cc3c2=O)c1. The summed E-state index contributed by atoms with van der Waals surface area (Å²) in [6.45, 7) is 1.74. The number of aryl methyl sites for hydroxylation is 2. The van der Waals surface area contributed by atoms with Crippen molar-refractivity contribution in [2.45, 2.75) is 6.92 Å². The fraction of sp³-hybridized carbons (Fsp3) is 0.143. The lowest BCUT2D eigenvalue weighted by atomic mass is 10.0. The second-order valence-electron chi connectivity index (χ2n) is 6.61. The van der Waals surface area contributed by atoms with E-state index < -0.39 is 11.3 Å². The molecule has 2 aromatic carbocycles. The number of ether oxygens (including phenoxy) is 1. The maximum atomic E-state index is 13.2. The number of ketones is 1. The molecule has 0 atom stereocenters. The van der Waals surface area contributed by atoms with Gasteiger partial charge in [-0.1, -0.05) is 6.07 Å². The molecule has 1 N–H and O–H groups in total. The summed E-state index contributed by atoms with van der Waals surface area (Å²) in [6, 6.07) is 11.8. The standard InChI is InChI=1S/C21H18N4O4/c1-12-23-18-8-7-13(19(26)17-11-22-24(2)20(17)27)9-16(18)21(28)25(12)14-5-4-6-15(10-14)29-3/h4-11,22H,1-3H3.